The fourth-order valence-corrected chi connectivity index (χ4v) is 1.57. The van der Waals surface area contributed by atoms with Crippen molar-refractivity contribution in [3.8, 4) is 0 Å². The van der Waals surface area contributed by atoms with Gasteiger partial charge in [0.05, 0.1) is 31.1 Å². The molecule has 1 rings (SSSR count). The first-order chi connectivity index (χ1) is 6.15. The van der Waals surface area contributed by atoms with Gasteiger partial charge in [0.15, 0.2) is 5.78 Å². The summed E-state index contributed by atoms with van der Waals surface area (Å²) in [6, 6.07) is -0.205. The van der Waals surface area contributed by atoms with Crippen LogP contribution in [-0.2, 0) is 14.3 Å². The quantitative estimate of drug-likeness (QED) is 0.658. The molecule has 0 bridgehead atoms. The van der Waals surface area contributed by atoms with E-state index in [0.717, 1.165) is 0 Å². The molecule has 0 radical (unpaired) electrons. The Balaban J connectivity index is 2.53. The first kappa shape index (κ1) is 10.5. The van der Waals surface area contributed by atoms with E-state index in [2.05, 4.69) is 5.32 Å². The van der Waals surface area contributed by atoms with Crippen molar-refractivity contribution in [3.63, 3.8) is 0 Å². The minimum Gasteiger partial charge on any atom is -0.378 e. The third kappa shape index (κ3) is 2.67. The minimum atomic E-state index is -0.276. The van der Waals surface area contributed by atoms with Crippen LogP contribution in [0.25, 0.3) is 0 Å². The number of halogens is 1. The van der Waals surface area contributed by atoms with E-state index in [9.17, 15) is 9.59 Å². The van der Waals surface area contributed by atoms with Crippen molar-refractivity contribution in [1.82, 2.24) is 5.32 Å². The second-order valence-corrected chi connectivity index (χ2v) is 3.32. The molecule has 0 aromatic rings. The number of ketones is 1. The molecule has 4 nitrogen and oxygen atoms in total. The predicted molar refractivity (Wildman–Crippen MR) is 47.6 cm³/mol. The Hall–Kier alpha value is -0.610. The van der Waals surface area contributed by atoms with Crippen molar-refractivity contribution in [2.45, 2.75) is 13.0 Å². The Morgan fingerprint density at radius 1 is 1.54 bits per heavy atom. The predicted octanol–water partition coefficient (Wildman–Crippen LogP) is -0.0546. The van der Waals surface area contributed by atoms with E-state index in [1.165, 1.54) is 6.92 Å². The Bertz CT molecular complexity index is 219. The van der Waals surface area contributed by atoms with Gasteiger partial charge in [0.25, 0.3) is 0 Å². The summed E-state index contributed by atoms with van der Waals surface area (Å²) in [6.07, 6.45) is 0. The number of rotatable bonds is 3. The van der Waals surface area contributed by atoms with Crippen molar-refractivity contribution < 1.29 is 14.3 Å². The van der Waals surface area contributed by atoms with Gasteiger partial charge in [-0.05, 0) is 0 Å². The summed E-state index contributed by atoms with van der Waals surface area (Å²) in [6.45, 7) is 2.17. The van der Waals surface area contributed by atoms with Gasteiger partial charge >= 0.3 is 0 Å². The zero-order valence-electron chi connectivity index (χ0n) is 7.38. The minimum absolute atomic E-state index is 0.0237. The number of nitrogens with one attached hydrogen (secondary N) is 1. The molecular formula is C8H12ClNO3. The van der Waals surface area contributed by atoms with Crippen LogP contribution in [0, 0.1) is 5.92 Å². The Kier molecular flexibility index (Phi) is 3.69. The van der Waals surface area contributed by atoms with Crippen molar-refractivity contribution in [2.24, 2.45) is 5.92 Å². The van der Waals surface area contributed by atoms with Gasteiger partial charge in [-0.2, -0.15) is 0 Å². The molecule has 1 aliphatic rings. The highest BCUT2D eigenvalue weighted by Gasteiger charge is 2.33. The maximum atomic E-state index is 11.2. The lowest BCUT2D eigenvalue weighted by molar-refractivity contribution is -0.122. The molecule has 0 spiro atoms. The maximum Gasteiger partial charge on any atom is 0.217 e. The van der Waals surface area contributed by atoms with Crippen LogP contribution in [0.4, 0.5) is 0 Å². The maximum absolute atomic E-state index is 11.2. The van der Waals surface area contributed by atoms with Crippen LogP contribution in [0.3, 0.4) is 0 Å². The van der Waals surface area contributed by atoms with E-state index in [0.29, 0.717) is 13.2 Å². The molecule has 0 aliphatic carbocycles. The molecular weight excluding hydrogens is 194 g/mol. The molecule has 1 fully saturated rings. The van der Waals surface area contributed by atoms with Crippen molar-refractivity contribution >= 4 is 23.3 Å². The molecule has 0 saturated carbocycles. The largest absolute Gasteiger partial charge is 0.378 e. The number of carbonyl (C=O) groups is 2. The normalized spacial score (nSPS) is 27.2. The van der Waals surface area contributed by atoms with Gasteiger partial charge in [-0.25, -0.2) is 0 Å². The van der Waals surface area contributed by atoms with Crippen LogP contribution in [0.1, 0.15) is 6.92 Å². The topological polar surface area (TPSA) is 55.4 Å². The molecule has 13 heavy (non-hydrogen) atoms. The van der Waals surface area contributed by atoms with E-state index in [1.54, 1.807) is 0 Å². The highest BCUT2D eigenvalue weighted by atomic mass is 35.5. The lowest BCUT2D eigenvalue weighted by Gasteiger charge is -2.15. The van der Waals surface area contributed by atoms with Gasteiger partial charge in [0.2, 0.25) is 5.91 Å². The Labute approximate surface area is 81.6 Å². The van der Waals surface area contributed by atoms with Crippen LogP contribution < -0.4 is 5.32 Å². The summed E-state index contributed by atoms with van der Waals surface area (Å²) in [5.41, 5.74) is 0. The van der Waals surface area contributed by atoms with Gasteiger partial charge in [-0.1, -0.05) is 0 Å². The van der Waals surface area contributed by atoms with E-state index in [4.69, 9.17) is 16.3 Å². The molecule has 2 atom stereocenters. The number of hydrogen-bond donors (Lipinski definition) is 1. The zero-order chi connectivity index (χ0) is 9.84. The molecule has 74 valence electrons. The van der Waals surface area contributed by atoms with Crippen LogP contribution in [-0.4, -0.2) is 36.8 Å². The molecule has 2 unspecified atom stereocenters. The van der Waals surface area contributed by atoms with Crippen molar-refractivity contribution in [1.29, 1.82) is 0 Å². The second-order valence-electron chi connectivity index (χ2n) is 3.05. The summed E-state index contributed by atoms with van der Waals surface area (Å²) in [7, 11) is 0. The Morgan fingerprint density at radius 2 is 2.23 bits per heavy atom. The fourth-order valence-electron chi connectivity index (χ4n) is 1.37. The van der Waals surface area contributed by atoms with E-state index in [-0.39, 0.29) is 29.5 Å². The fraction of sp³-hybridized carbons (Fsp3) is 0.750. The molecule has 1 heterocycles. The third-order valence-corrected chi connectivity index (χ3v) is 2.28. The standard InChI is InChI=1S/C8H12ClNO3/c1-5(11)10-7-4-13-3-6(7)8(12)2-9/h6-7H,2-4H2,1H3,(H,10,11). The van der Waals surface area contributed by atoms with Gasteiger partial charge in [-0.3, -0.25) is 9.59 Å². The number of amides is 1. The van der Waals surface area contributed by atoms with Gasteiger partial charge in [0.1, 0.15) is 0 Å². The molecule has 1 amide bonds. The summed E-state index contributed by atoms with van der Waals surface area (Å²) >= 11 is 5.42. The third-order valence-electron chi connectivity index (χ3n) is 2.01. The first-order valence-electron chi connectivity index (χ1n) is 4.08. The molecule has 5 heteroatoms. The van der Waals surface area contributed by atoms with E-state index < -0.39 is 0 Å². The number of hydrogen-bond acceptors (Lipinski definition) is 3. The summed E-state index contributed by atoms with van der Waals surface area (Å²) in [5.74, 6) is -0.522. The van der Waals surface area contributed by atoms with Gasteiger partial charge in [-0.15, -0.1) is 11.6 Å². The van der Waals surface area contributed by atoms with Crippen LogP contribution in [0.2, 0.25) is 0 Å². The number of alkyl halides is 1. The van der Waals surface area contributed by atoms with Crippen molar-refractivity contribution in [3.05, 3.63) is 0 Å². The van der Waals surface area contributed by atoms with Crippen LogP contribution >= 0.6 is 11.6 Å². The summed E-state index contributed by atoms with van der Waals surface area (Å²) < 4.78 is 5.10. The number of ether oxygens (including phenoxy) is 1. The molecule has 1 N–H and O–H groups in total. The van der Waals surface area contributed by atoms with E-state index >= 15 is 0 Å². The molecule has 0 aromatic heterocycles. The lowest BCUT2D eigenvalue weighted by Crippen LogP contribution is -2.42. The molecule has 1 aliphatic heterocycles. The highest BCUT2D eigenvalue weighted by molar-refractivity contribution is 6.28. The summed E-state index contributed by atoms with van der Waals surface area (Å²) in [4.78, 5) is 22.0. The van der Waals surface area contributed by atoms with Crippen LogP contribution in [0.5, 0.6) is 0 Å². The lowest BCUT2D eigenvalue weighted by atomic mass is 9.99. The molecule has 0 aromatic carbocycles. The average Bonchev–Trinajstić information content (AvgIpc) is 2.50. The van der Waals surface area contributed by atoms with Crippen molar-refractivity contribution in [2.75, 3.05) is 19.1 Å². The van der Waals surface area contributed by atoms with Gasteiger partial charge < -0.3 is 10.1 Å². The monoisotopic (exact) mass is 205 g/mol. The zero-order valence-corrected chi connectivity index (χ0v) is 8.13. The van der Waals surface area contributed by atoms with Crippen LogP contribution in [0.15, 0.2) is 0 Å². The highest BCUT2D eigenvalue weighted by Crippen LogP contribution is 2.15. The Morgan fingerprint density at radius 3 is 2.77 bits per heavy atom. The number of carbonyl (C=O) groups excluding carboxylic acids is 2. The average molecular weight is 206 g/mol. The first-order valence-corrected chi connectivity index (χ1v) is 4.62. The SMILES string of the molecule is CC(=O)NC1COCC1C(=O)CCl. The van der Waals surface area contributed by atoms with E-state index in [1.807, 2.05) is 0 Å². The second kappa shape index (κ2) is 4.58. The smallest absolute Gasteiger partial charge is 0.217 e. The van der Waals surface area contributed by atoms with Gasteiger partial charge in [0, 0.05) is 6.92 Å². The summed E-state index contributed by atoms with van der Waals surface area (Å²) in [5, 5.41) is 2.66. The number of Topliss-reactive ketones (excluding diaryl/α,β-unsaturated/α-hetero) is 1. The molecule has 1 saturated heterocycles.